The van der Waals surface area contributed by atoms with Crippen molar-refractivity contribution in [2.45, 2.75) is 25.3 Å². The predicted molar refractivity (Wildman–Crippen MR) is 90.0 cm³/mol. The van der Waals surface area contributed by atoms with Gasteiger partial charge in [-0.05, 0) is 49.4 Å². The molecule has 0 bridgehead atoms. The van der Waals surface area contributed by atoms with Gasteiger partial charge in [0.25, 0.3) is 5.91 Å². The molecular weight excluding hydrogens is 344 g/mol. The minimum atomic E-state index is 0.0372. The molecule has 22 heavy (non-hydrogen) atoms. The lowest BCUT2D eigenvalue weighted by Crippen LogP contribution is -2.45. The second-order valence-corrected chi connectivity index (χ2v) is 7.20. The molecule has 1 aromatic carbocycles. The number of hydrogen-bond acceptors (Lipinski definition) is 3. The summed E-state index contributed by atoms with van der Waals surface area (Å²) < 4.78 is 6.44. The number of carbonyl (C=O) groups excluding carboxylic acids is 1. The maximum atomic E-state index is 12.2. The molecule has 0 spiro atoms. The molecule has 0 aliphatic carbocycles. The highest BCUT2D eigenvalue weighted by atomic mass is 79.9. The van der Waals surface area contributed by atoms with Gasteiger partial charge in [0.1, 0.15) is 0 Å². The van der Waals surface area contributed by atoms with Gasteiger partial charge in [0, 0.05) is 42.3 Å². The van der Waals surface area contributed by atoms with Gasteiger partial charge in [0.05, 0.1) is 6.61 Å². The van der Waals surface area contributed by atoms with Crippen LogP contribution in [0.5, 0.6) is 0 Å². The maximum Gasteiger partial charge on any atom is 0.251 e. The molecule has 0 saturated carbocycles. The third-order valence-corrected chi connectivity index (χ3v) is 5.10. The van der Waals surface area contributed by atoms with E-state index in [2.05, 4.69) is 26.1 Å². The Morgan fingerprint density at radius 3 is 2.59 bits per heavy atom. The molecule has 1 amide bonds. The number of benzene rings is 1. The number of piperidine rings is 1. The highest BCUT2D eigenvalue weighted by molar-refractivity contribution is 9.10. The Hall–Kier alpha value is -0.910. The number of nitrogens with zero attached hydrogens (tertiary/aromatic N) is 1. The fourth-order valence-electron chi connectivity index (χ4n) is 3.22. The van der Waals surface area contributed by atoms with Gasteiger partial charge in [-0.25, -0.2) is 0 Å². The number of rotatable bonds is 4. The molecule has 0 aromatic heterocycles. The van der Waals surface area contributed by atoms with Gasteiger partial charge in [-0.2, -0.15) is 0 Å². The summed E-state index contributed by atoms with van der Waals surface area (Å²) in [7, 11) is 0. The summed E-state index contributed by atoms with van der Waals surface area (Å²) in [5.74, 6) is 0.740. The van der Waals surface area contributed by atoms with Crippen LogP contribution in [-0.2, 0) is 4.74 Å². The number of hydrogen-bond donors (Lipinski definition) is 1. The Morgan fingerprint density at radius 2 is 1.95 bits per heavy atom. The fourth-order valence-corrected chi connectivity index (χ4v) is 3.49. The molecule has 5 heteroatoms. The Kier molecular flexibility index (Phi) is 5.50. The first kappa shape index (κ1) is 16.0. The zero-order valence-corrected chi connectivity index (χ0v) is 14.3. The maximum absolute atomic E-state index is 12.2. The first-order valence-corrected chi connectivity index (χ1v) is 8.86. The Bertz CT molecular complexity index is 492. The Balaban J connectivity index is 1.43. The quantitative estimate of drug-likeness (QED) is 0.890. The number of nitrogens with one attached hydrogen (secondary N) is 1. The van der Waals surface area contributed by atoms with E-state index < -0.39 is 0 Å². The molecule has 2 heterocycles. The van der Waals surface area contributed by atoms with Crippen LogP contribution in [-0.4, -0.2) is 49.7 Å². The molecule has 2 fully saturated rings. The van der Waals surface area contributed by atoms with Crippen LogP contribution >= 0.6 is 15.9 Å². The normalized spacial score (nSPS) is 23.6. The summed E-state index contributed by atoms with van der Waals surface area (Å²) >= 11 is 3.39. The molecule has 0 unspecified atom stereocenters. The fraction of sp³-hybridized carbons (Fsp3) is 0.588. The SMILES string of the molecule is O=C(NC1CCN(C[C@H]2CCOC2)CC1)c1ccc(Br)cc1. The lowest BCUT2D eigenvalue weighted by Gasteiger charge is -2.33. The minimum Gasteiger partial charge on any atom is -0.381 e. The van der Waals surface area contributed by atoms with Crippen molar-refractivity contribution in [3.8, 4) is 0 Å². The molecular formula is C17H23BrN2O2. The highest BCUT2D eigenvalue weighted by Gasteiger charge is 2.24. The number of likely N-dealkylation sites (tertiary alicyclic amines) is 1. The van der Waals surface area contributed by atoms with Crippen LogP contribution in [0.25, 0.3) is 0 Å². The van der Waals surface area contributed by atoms with Crippen molar-refractivity contribution in [1.82, 2.24) is 10.2 Å². The second-order valence-electron chi connectivity index (χ2n) is 6.28. The molecule has 1 atom stereocenters. The molecule has 0 radical (unpaired) electrons. The molecule has 1 N–H and O–H groups in total. The van der Waals surface area contributed by atoms with Crippen molar-refractivity contribution in [2.75, 3.05) is 32.8 Å². The molecule has 2 aliphatic rings. The van der Waals surface area contributed by atoms with Crippen LogP contribution in [0.4, 0.5) is 0 Å². The lowest BCUT2D eigenvalue weighted by molar-refractivity contribution is 0.0903. The summed E-state index contributed by atoms with van der Waals surface area (Å²) in [5.41, 5.74) is 0.730. The standard InChI is InChI=1S/C17H23BrN2O2/c18-15-3-1-14(2-4-15)17(21)19-16-5-8-20(9-6-16)11-13-7-10-22-12-13/h1-4,13,16H,5-12H2,(H,19,21)/t13-/m1/s1. The van der Waals surface area contributed by atoms with Crippen molar-refractivity contribution in [3.05, 3.63) is 34.3 Å². The van der Waals surface area contributed by atoms with Crippen molar-refractivity contribution in [2.24, 2.45) is 5.92 Å². The molecule has 2 saturated heterocycles. The lowest BCUT2D eigenvalue weighted by atomic mass is 10.0. The van der Waals surface area contributed by atoms with Crippen LogP contribution in [0.2, 0.25) is 0 Å². The minimum absolute atomic E-state index is 0.0372. The van der Waals surface area contributed by atoms with E-state index in [0.29, 0.717) is 12.0 Å². The van der Waals surface area contributed by atoms with Gasteiger partial charge in [-0.3, -0.25) is 4.79 Å². The molecule has 2 aliphatic heterocycles. The number of carbonyl (C=O) groups is 1. The van der Waals surface area contributed by atoms with Gasteiger partial charge in [0.2, 0.25) is 0 Å². The van der Waals surface area contributed by atoms with Crippen LogP contribution in [0.1, 0.15) is 29.6 Å². The van der Waals surface area contributed by atoms with E-state index in [0.717, 1.165) is 55.7 Å². The first-order valence-electron chi connectivity index (χ1n) is 8.07. The van der Waals surface area contributed by atoms with E-state index in [4.69, 9.17) is 4.74 Å². The van der Waals surface area contributed by atoms with E-state index >= 15 is 0 Å². The average Bonchev–Trinajstić information content (AvgIpc) is 3.03. The predicted octanol–water partition coefficient (Wildman–Crippen LogP) is 2.68. The highest BCUT2D eigenvalue weighted by Crippen LogP contribution is 2.18. The van der Waals surface area contributed by atoms with Gasteiger partial charge >= 0.3 is 0 Å². The number of amides is 1. The summed E-state index contributed by atoms with van der Waals surface area (Å²) in [6.07, 6.45) is 3.27. The van der Waals surface area contributed by atoms with Crippen LogP contribution in [0.15, 0.2) is 28.7 Å². The summed E-state index contributed by atoms with van der Waals surface area (Å²) in [5, 5.41) is 3.16. The van der Waals surface area contributed by atoms with Crippen molar-refractivity contribution in [3.63, 3.8) is 0 Å². The van der Waals surface area contributed by atoms with Crippen LogP contribution in [0, 0.1) is 5.92 Å². The number of ether oxygens (including phenoxy) is 1. The second kappa shape index (κ2) is 7.57. The zero-order chi connectivity index (χ0) is 15.4. The molecule has 1 aromatic rings. The largest absolute Gasteiger partial charge is 0.381 e. The van der Waals surface area contributed by atoms with Crippen LogP contribution in [0.3, 0.4) is 0 Å². The van der Waals surface area contributed by atoms with E-state index in [1.807, 2.05) is 24.3 Å². The monoisotopic (exact) mass is 366 g/mol. The van der Waals surface area contributed by atoms with Crippen LogP contribution < -0.4 is 5.32 Å². The van der Waals surface area contributed by atoms with E-state index in [1.165, 1.54) is 6.42 Å². The van der Waals surface area contributed by atoms with Gasteiger partial charge in [-0.1, -0.05) is 15.9 Å². The van der Waals surface area contributed by atoms with Gasteiger partial charge in [-0.15, -0.1) is 0 Å². The van der Waals surface area contributed by atoms with Crippen molar-refractivity contribution >= 4 is 21.8 Å². The molecule has 3 rings (SSSR count). The zero-order valence-electron chi connectivity index (χ0n) is 12.8. The van der Waals surface area contributed by atoms with Gasteiger partial charge < -0.3 is 15.0 Å². The van der Waals surface area contributed by atoms with E-state index in [1.54, 1.807) is 0 Å². The Labute approximate surface area is 140 Å². The van der Waals surface area contributed by atoms with Crippen molar-refractivity contribution < 1.29 is 9.53 Å². The van der Waals surface area contributed by atoms with E-state index in [9.17, 15) is 4.79 Å². The third-order valence-electron chi connectivity index (χ3n) is 4.57. The molecule has 4 nitrogen and oxygen atoms in total. The average molecular weight is 367 g/mol. The first-order chi connectivity index (χ1) is 10.7. The molecule has 120 valence electrons. The smallest absolute Gasteiger partial charge is 0.251 e. The van der Waals surface area contributed by atoms with E-state index in [-0.39, 0.29) is 5.91 Å². The summed E-state index contributed by atoms with van der Waals surface area (Å²) in [4.78, 5) is 14.7. The van der Waals surface area contributed by atoms with Crippen molar-refractivity contribution in [1.29, 1.82) is 0 Å². The summed E-state index contributed by atoms with van der Waals surface area (Å²) in [6.45, 7) is 5.13. The Morgan fingerprint density at radius 1 is 1.23 bits per heavy atom. The van der Waals surface area contributed by atoms with Gasteiger partial charge in [0.15, 0.2) is 0 Å². The number of halogens is 1. The summed E-state index contributed by atoms with van der Waals surface area (Å²) in [6, 6.07) is 7.82. The topological polar surface area (TPSA) is 41.6 Å². The third kappa shape index (κ3) is 4.31.